The van der Waals surface area contributed by atoms with Crippen molar-refractivity contribution in [3.05, 3.63) is 200 Å². The molecule has 9 aromatic carbocycles. The van der Waals surface area contributed by atoms with Gasteiger partial charge in [0.25, 0.3) is 0 Å². The lowest BCUT2D eigenvalue weighted by atomic mass is 9.96. The molecule has 4 heterocycles. The molecule has 0 fully saturated rings. The maximum Gasteiger partial charge on any atom is 0.152 e. The van der Waals surface area contributed by atoms with Crippen LogP contribution in [-0.4, -0.2) is 13.7 Å². The van der Waals surface area contributed by atoms with Crippen LogP contribution in [0.4, 0.5) is 0 Å². The summed E-state index contributed by atoms with van der Waals surface area (Å²) < 4.78 is 13.6. The lowest BCUT2D eigenvalue weighted by Gasteiger charge is -2.21. The lowest BCUT2D eigenvalue weighted by Crippen LogP contribution is -2.03. The van der Waals surface area contributed by atoms with Crippen molar-refractivity contribution in [3.8, 4) is 50.8 Å². The molecule has 0 bridgehead atoms. The molecule has 13 rings (SSSR count). The van der Waals surface area contributed by atoms with E-state index in [0.717, 1.165) is 34.1 Å². The zero-order valence-electron chi connectivity index (χ0n) is 31.3. The van der Waals surface area contributed by atoms with Gasteiger partial charge in [-0.25, -0.2) is 0 Å². The highest BCUT2D eigenvalue weighted by Crippen LogP contribution is 2.48. The number of para-hydroxylation sites is 6. The zero-order valence-corrected chi connectivity index (χ0v) is 31.3. The number of fused-ring (bicyclic) bond motifs is 11. The Morgan fingerprint density at radius 3 is 1.47 bits per heavy atom. The zero-order chi connectivity index (χ0) is 37.9. The number of hydrogen-bond acceptors (Lipinski definition) is 1. The van der Waals surface area contributed by atoms with Gasteiger partial charge in [-0.2, -0.15) is 0 Å². The standard InChI is InChI=1S/C54H33N3O/c1-5-15-45-40(11-1)41-12-2-6-16-46(41)56(45)38-29-31-49-44(33-38)42-13-3-7-17-47(42)55(49)37-27-25-35(26-28-37)34-21-23-36(24-22-34)39-30-32-52-54-53(39)43-14-4-8-18-48(43)57(54)50-19-9-10-20-51(50)58-52/h1-33H. The first-order valence-corrected chi connectivity index (χ1v) is 19.8. The highest BCUT2D eigenvalue weighted by Gasteiger charge is 2.25. The van der Waals surface area contributed by atoms with Crippen LogP contribution in [0, 0.1) is 0 Å². The summed E-state index contributed by atoms with van der Waals surface area (Å²) in [6.07, 6.45) is 0. The topological polar surface area (TPSA) is 24.0 Å². The van der Waals surface area contributed by atoms with E-state index in [4.69, 9.17) is 4.74 Å². The number of nitrogens with zero attached hydrogens (tertiary/aromatic N) is 3. The molecule has 1 aliphatic rings. The second-order valence-corrected chi connectivity index (χ2v) is 15.3. The van der Waals surface area contributed by atoms with Crippen LogP contribution in [0.15, 0.2) is 200 Å². The van der Waals surface area contributed by atoms with Gasteiger partial charge in [0, 0.05) is 43.7 Å². The molecule has 0 saturated carbocycles. The fourth-order valence-corrected chi connectivity index (χ4v) is 9.71. The first kappa shape index (κ1) is 31.4. The van der Waals surface area contributed by atoms with Crippen molar-refractivity contribution in [2.24, 2.45) is 0 Å². The van der Waals surface area contributed by atoms with E-state index in [2.05, 4.69) is 202 Å². The van der Waals surface area contributed by atoms with E-state index in [1.165, 1.54) is 82.2 Å². The average Bonchev–Trinajstić information content (AvgIpc) is 3.94. The van der Waals surface area contributed by atoms with E-state index < -0.39 is 0 Å². The van der Waals surface area contributed by atoms with Crippen molar-refractivity contribution < 1.29 is 4.74 Å². The van der Waals surface area contributed by atoms with Crippen LogP contribution >= 0.6 is 0 Å². The quantitative estimate of drug-likeness (QED) is 0.176. The predicted octanol–water partition coefficient (Wildman–Crippen LogP) is 14.4. The van der Waals surface area contributed by atoms with Gasteiger partial charge in [-0.05, 0) is 101 Å². The van der Waals surface area contributed by atoms with E-state index >= 15 is 0 Å². The van der Waals surface area contributed by atoms with Gasteiger partial charge < -0.3 is 18.4 Å². The Morgan fingerprint density at radius 1 is 0.310 bits per heavy atom. The van der Waals surface area contributed by atoms with Gasteiger partial charge in [0.15, 0.2) is 11.5 Å². The maximum absolute atomic E-state index is 6.46. The molecule has 58 heavy (non-hydrogen) atoms. The van der Waals surface area contributed by atoms with Gasteiger partial charge in [-0.15, -0.1) is 0 Å². The molecular weight excluding hydrogens is 707 g/mol. The molecule has 270 valence electrons. The second-order valence-electron chi connectivity index (χ2n) is 15.3. The van der Waals surface area contributed by atoms with E-state index in [9.17, 15) is 0 Å². The fourth-order valence-electron chi connectivity index (χ4n) is 9.71. The first-order chi connectivity index (χ1) is 28.8. The Balaban J connectivity index is 0.885. The molecule has 4 nitrogen and oxygen atoms in total. The molecule has 1 aliphatic heterocycles. The Hall–Kier alpha value is -7.82. The van der Waals surface area contributed by atoms with Crippen LogP contribution in [0.2, 0.25) is 0 Å². The third kappa shape index (κ3) is 4.34. The van der Waals surface area contributed by atoms with Gasteiger partial charge in [0.05, 0.1) is 38.8 Å². The summed E-state index contributed by atoms with van der Waals surface area (Å²) in [6, 6.07) is 72.4. The highest BCUT2D eigenvalue weighted by molar-refractivity contribution is 6.18. The minimum atomic E-state index is 0.878. The minimum Gasteiger partial charge on any atom is -0.453 e. The molecule has 0 amide bonds. The smallest absolute Gasteiger partial charge is 0.152 e. The van der Waals surface area contributed by atoms with Crippen molar-refractivity contribution in [3.63, 3.8) is 0 Å². The molecule has 0 radical (unpaired) electrons. The summed E-state index contributed by atoms with van der Waals surface area (Å²) in [6.45, 7) is 0. The van der Waals surface area contributed by atoms with E-state index in [1.807, 2.05) is 12.1 Å². The Morgan fingerprint density at radius 2 is 0.793 bits per heavy atom. The molecule has 0 aliphatic carbocycles. The van der Waals surface area contributed by atoms with Gasteiger partial charge in [-0.1, -0.05) is 121 Å². The second kappa shape index (κ2) is 11.8. The van der Waals surface area contributed by atoms with Gasteiger partial charge >= 0.3 is 0 Å². The van der Waals surface area contributed by atoms with Crippen LogP contribution in [0.3, 0.4) is 0 Å². The monoisotopic (exact) mass is 739 g/mol. The SMILES string of the molecule is c1ccc2c(c1)Oc1ccc(-c3ccc(-c4ccc(-n5c6ccccc6c6cc(-n7c8ccccc8c8ccccc87)ccc65)cc4)cc3)c3c4ccccc4n-2c13. The third-order valence-electron chi connectivity index (χ3n) is 12.3. The van der Waals surface area contributed by atoms with Gasteiger partial charge in [-0.3, -0.25) is 0 Å². The molecule has 0 saturated heterocycles. The Bertz CT molecular complexity index is 3580. The number of ether oxygens (including phenoxy) is 1. The van der Waals surface area contributed by atoms with Gasteiger partial charge in [0.2, 0.25) is 0 Å². The van der Waals surface area contributed by atoms with Crippen molar-refractivity contribution in [1.29, 1.82) is 0 Å². The Labute approximate surface area is 333 Å². The molecule has 3 aromatic heterocycles. The lowest BCUT2D eigenvalue weighted by molar-refractivity contribution is 0.476. The van der Waals surface area contributed by atoms with Crippen molar-refractivity contribution >= 4 is 65.4 Å². The van der Waals surface area contributed by atoms with E-state index in [0.29, 0.717) is 0 Å². The number of aromatic nitrogens is 3. The van der Waals surface area contributed by atoms with Crippen LogP contribution in [-0.2, 0) is 0 Å². The molecule has 0 N–H and O–H groups in total. The molecule has 4 heteroatoms. The summed E-state index contributed by atoms with van der Waals surface area (Å²) in [5.41, 5.74) is 15.2. The average molecular weight is 740 g/mol. The summed E-state index contributed by atoms with van der Waals surface area (Å²) in [5, 5.41) is 7.46. The molecular formula is C54H33N3O. The van der Waals surface area contributed by atoms with Crippen LogP contribution in [0.25, 0.3) is 105 Å². The number of rotatable bonds is 4. The summed E-state index contributed by atoms with van der Waals surface area (Å²) in [5.74, 6) is 1.76. The summed E-state index contributed by atoms with van der Waals surface area (Å²) in [4.78, 5) is 0. The molecule has 12 aromatic rings. The largest absolute Gasteiger partial charge is 0.453 e. The summed E-state index contributed by atoms with van der Waals surface area (Å²) >= 11 is 0. The predicted molar refractivity (Wildman–Crippen MR) is 240 cm³/mol. The molecule has 0 spiro atoms. The van der Waals surface area contributed by atoms with Crippen molar-refractivity contribution in [2.45, 2.75) is 0 Å². The summed E-state index contributed by atoms with van der Waals surface area (Å²) in [7, 11) is 0. The minimum absolute atomic E-state index is 0.878. The third-order valence-corrected chi connectivity index (χ3v) is 12.3. The maximum atomic E-state index is 6.46. The Kier molecular flexibility index (Phi) is 6.41. The number of benzene rings is 9. The van der Waals surface area contributed by atoms with Crippen LogP contribution in [0.5, 0.6) is 11.5 Å². The molecule has 0 atom stereocenters. The number of hydrogen-bond donors (Lipinski definition) is 0. The van der Waals surface area contributed by atoms with Crippen molar-refractivity contribution in [2.75, 3.05) is 0 Å². The van der Waals surface area contributed by atoms with E-state index in [1.54, 1.807) is 0 Å². The van der Waals surface area contributed by atoms with Gasteiger partial charge in [0.1, 0.15) is 0 Å². The van der Waals surface area contributed by atoms with Crippen LogP contribution in [0.1, 0.15) is 0 Å². The first-order valence-electron chi connectivity index (χ1n) is 19.8. The van der Waals surface area contributed by atoms with E-state index in [-0.39, 0.29) is 0 Å². The highest BCUT2D eigenvalue weighted by atomic mass is 16.5. The fraction of sp³-hybridized carbons (Fsp3) is 0. The molecule has 0 unspecified atom stereocenters. The van der Waals surface area contributed by atoms with Crippen LogP contribution < -0.4 is 4.74 Å². The van der Waals surface area contributed by atoms with Crippen molar-refractivity contribution in [1.82, 2.24) is 13.7 Å². The normalized spacial score (nSPS) is 12.3.